The zero-order chi connectivity index (χ0) is 28.5. The highest BCUT2D eigenvalue weighted by Gasteiger charge is 2.70. The van der Waals surface area contributed by atoms with Crippen LogP contribution in [0.1, 0.15) is 106 Å². The van der Waals surface area contributed by atoms with E-state index in [0.717, 1.165) is 38.5 Å². The Hall–Kier alpha value is -1.63. The van der Waals surface area contributed by atoms with Crippen molar-refractivity contribution in [2.75, 3.05) is 6.61 Å². The maximum Gasteiger partial charge on any atom is 0.309 e. The van der Waals surface area contributed by atoms with E-state index in [9.17, 15) is 19.5 Å². The lowest BCUT2D eigenvalue weighted by molar-refractivity contribution is -0.236. The molecule has 2 heterocycles. The Labute approximate surface area is 234 Å². The molecule has 2 aliphatic heterocycles. The summed E-state index contributed by atoms with van der Waals surface area (Å²) in [6, 6.07) is 0. The molecule has 1 unspecified atom stereocenters. The molecule has 39 heavy (non-hydrogen) atoms. The average Bonchev–Trinajstić information content (AvgIpc) is 3.39. The van der Waals surface area contributed by atoms with Gasteiger partial charge >= 0.3 is 17.9 Å². The van der Waals surface area contributed by atoms with Crippen molar-refractivity contribution >= 4 is 17.9 Å². The molecule has 5 aliphatic rings. The van der Waals surface area contributed by atoms with E-state index in [0.29, 0.717) is 37.7 Å². The Morgan fingerprint density at radius 3 is 2.38 bits per heavy atom. The molecule has 0 radical (unpaired) electrons. The molecular formula is C32H50O7. The zero-order valence-corrected chi connectivity index (χ0v) is 25.1. The summed E-state index contributed by atoms with van der Waals surface area (Å²) in [6.07, 6.45) is 6.49. The predicted molar refractivity (Wildman–Crippen MR) is 145 cm³/mol. The highest BCUT2D eigenvalue weighted by atomic mass is 16.6. The third-order valence-corrected chi connectivity index (χ3v) is 12.9. The number of carbonyl (C=O) groups is 3. The first-order chi connectivity index (χ1) is 18.2. The Balaban J connectivity index is 1.48. The van der Waals surface area contributed by atoms with Gasteiger partial charge in [-0.2, -0.15) is 0 Å². The van der Waals surface area contributed by atoms with E-state index < -0.39 is 0 Å². The monoisotopic (exact) mass is 546 g/mol. The van der Waals surface area contributed by atoms with E-state index in [4.69, 9.17) is 14.2 Å². The Morgan fingerprint density at radius 2 is 1.79 bits per heavy atom. The van der Waals surface area contributed by atoms with Crippen LogP contribution >= 0.6 is 0 Å². The smallest absolute Gasteiger partial charge is 0.309 e. The van der Waals surface area contributed by atoms with Gasteiger partial charge in [0.2, 0.25) is 0 Å². The molecule has 220 valence electrons. The molecule has 0 aromatic rings. The van der Waals surface area contributed by atoms with Gasteiger partial charge in [-0.25, -0.2) is 0 Å². The summed E-state index contributed by atoms with van der Waals surface area (Å²) in [4.78, 5) is 37.3. The molecule has 0 aromatic heterocycles. The fourth-order valence-corrected chi connectivity index (χ4v) is 10.8. The zero-order valence-electron chi connectivity index (χ0n) is 25.1. The van der Waals surface area contributed by atoms with Crippen LogP contribution in [0.4, 0.5) is 0 Å². The molecule has 7 nitrogen and oxygen atoms in total. The van der Waals surface area contributed by atoms with Crippen LogP contribution in [-0.2, 0) is 28.6 Å². The fourth-order valence-electron chi connectivity index (χ4n) is 10.8. The molecule has 3 aliphatic carbocycles. The lowest BCUT2D eigenvalue weighted by Gasteiger charge is -2.70. The van der Waals surface area contributed by atoms with Crippen LogP contribution in [0.3, 0.4) is 0 Å². The van der Waals surface area contributed by atoms with E-state index in [1.54, 1.807) is 0 Å². The average molecular weight is 547 g/mol. The minimum Gasteiger partial charge on any atom is -0.465 e. The number of ether oxygens (including phenoxy) is 3. The highest BCUT2D eigenvalue weighted by Crippen LogP contribution is 2.74. The van der Waals surface area contributed by atoms with Crippen molar-refractivity contribution in [3.8, 4) is 0 Å². The van der Waals surface area contributed by atoms with Crippen LogP contribution < -0.4 is 0 Å². The number of carbonyl (C=O) groups excluding carboxylic acids is 3. The van der Waals surface area contributed by atoms with Crippen LogP contribution in [0.2, 0.25) is 0 Å². The second-order valence-corrected chi connectivity index (χ2v) is 15.1. The van der Waals surface area contributed by atoms with E-state index in [-0.39, 0.29) is 75.6 Å². The van der Waals surface area contributed by atoms with Crippen molar-refractivity contribution in [2.45, 2.75) is 125 Å². The third kappa shape index (κ3) is 4.35. The van der Waals surface area contributed by atoms with Gasteiger partial charge in [0, 0.05) is 18.8 Å². The van der Waals surface area contributed by atoms with Gasteiger partial charge in [-0.3, -0.25) is 14.4 Å². The van der Waals surface area contributed by atoms with Crippen molar-refractivity contribution in [3.63, 3.8) is 0 Å². The lowest BCUT2D eigenvalue weighted by atomic mass is 9.34. The quantitative estimate of drug-likeness (QED) is 0.361. The number of rotatable bonds is 5. The topological polar surface area (TPSA) is 99.1 Å². The summed E-state index contributed by atoms with van der Waals surface area (Å²) >= 11 is 0. The number of hydrogen-bond donors (Lipinski definition) is 1. The number of esters is 3. The van der Waals surface area contributed by atoms with Crippen LogP contribution in [0.5, 0.6) is 0 Å². The summed E-state index contributed by atoms with van der Waals surface area (Å²) in [6.45, 7) is 15.3. The Bertz CT molecular complexity index is 1010. The van der Waals surface area contributed by atoms with Gasteiger partial charge in [-0.05, 0) is 84.9 Å². The van der Waals surface area contributed by atoms with Crippen LogP contribution in [-0.4, -0.2) is 47.9 Å². The first-order valence-corrected chi connectivity index (χ1v) is 15.4. The second-order valence-electron chi connectivity index (χ2n) is 15.1. The molecule has 1 N–H and O–H groups in total. The Morgan fingerprint density at radius 1 is 1.08 bits per heavy atom. The van der Waals surface area contributed by atoms with Crippen molar-refractivity contribution in [1.29, 1.82) is 0 Å². The summed E-state index contributed by atoms with van der Waals surface area (Å²) in [5.41, 5.74) is -0.482. The number of cyclic esters (lactones) is 2. The van der Waals surface area contributed by atoms with Gasteiger partial charge in [-0.15, -0.1) is 0 Å². The highest BCUT2D eigenvalue weighted by molar-refractivity contribution is 5.74. The van der Waals surface area contributed by atoms with Gasteiger partial charge in [0.1, 0.15) is 12.2 Å². The Kier molecular flexibility index (Phi) is 7.21. The van der Waals surface area contributed by atoms with Crippen molar-refractivity contribution in [1.82, 2.24) is 0 Å². The van der Waals surface area contributed by atoms with Crippen LogP contribution in [0, 0.1) is 51.2 Å². The maximum atomic E-state index is 12.9. The predicted octanol–water partition coefficient (Wildman–Crippen LogP) is 5.46. The molecule has 7 heteroatoms. The van der Waals surface area contributed by atoms with E-state index in [1.807, 2.05) is 6.92 Å². The molecule has 0 amide bonds. The molecule has 5 rings (SSSR count). The molecule has 2 saturated heterocycles. The number of aliphatic hydroxyl groups excluding tert-OH is 1. The largest absolute Gasteiger partial charge is 0.465 e. The molecule has 11 atom stereocenters. The number of fused-ring (bicyclic) bond motifs is 4. The van der Waals surface area contributed by atoms with Gasteiger partial charge in [0.15, 0.2) is 0 Å². The van der Waals surface area contributed by atoms with E-state index >= 15 is 0 Å². The fraction of sp³-hybridized carbons (Fsp3) is 0.906. The van der Waals surface area contributed by atoms with Gasteiger partial charge in [-0.1, -0.05) is 41.5 Å². The molecule has 3 saturated carbocycles. The minimum atomic E-state index is -0.390. The second kappa shape index (κ2) is 9.73. The number of aliphatic hydroxyl groups is 1. The van der Waals surface area contributed by atoms with E-state index in [2.05, 4.69) is 34.6 Å². The van der Waals surface area contributed by atoms with Gasteiger partial charge in [0.25, 0.3) is 0 Å². The molecule has 0 bridgehead atoms. The third-order valence-electron chi connectivity index (χ3n) is 12.9. The van der Waals surface area contributed by atoms with Crippen molar-refractivity contribution in [2.24, 2.45) is 51.2 Å². The van der Waals surface area contributed by atoms with Gasteiger partial charge in [0.05, 0.1) is 25.0 Å². The molecular weight excluding hydrogens is 496 g/mol. The van der Waals surface area contributed by atoms with E-state index in [1.165, 1.54) is 6.92 Å². The number of hydrogen-bond acceptors (Lipinski definition) is 7. The summed E-state index contributed by atoms with van der Waals surface area (Å²) < 4.78 is 17.4. The van der Waals surface area contributed by atoms with Crippen molar-refractivity contribution < 1.29 is 33.7 Å². The minimum absolute atomic E-state index is 0.00840. The summed E-state index contributed by atoms with van der Waals surface area (Å²) in [5, 5.41) is 11.0. The first kappa shape index (κ1) is 28.9. The standard InChI is InChI=1S/C32H50O7/c1-18-14-21(39-28(18)36)15-23(38-20(3)33)19(2)22-8-9-25-30(6)12-11-26(34)29(4,5)24(30)10-13-31(25,7)32(22)16-27(35)37-17-32/h18-19,21-26,34H,8-17H2,1-7H3/t18-,19+,21-,22+,23-,24?,25+,26-,30-,31+,32-/m0/s1. The summed E-state index contributed by atoms with van der Waals surface area (Å²) in [5.74, 6) is 0.229. The summed E-state index contributed by atoms with van der Waals surface area (Å²) in [7, 11) is 0. The van der Waals surface area contributed by atoms with Crippen molar-refractivity contribution in [3.05, 3.63) is 0 Å². The first-order valence-electron chi connectivity index (χ1n) is 15.4. The van der Waals surface area contributed by atoms with Gasteiger partial charge < -0.3 is 19.3 Å². The van der Waals surface area contributed by atoms with Crippen LogP contribution in [0.15, 0.2) is 0 Å². The maximum absolute atomic E-state index is 12.9. The molecule has 0 aromatic carbocycles. The lowest BCUT2D eigenvalue weighted by Crippen LogP contribution is -2.66. The SMILES string of the molecule is CC(=O)O[C@@H](C[C@@H]1C[C@H](C)C(=O)O1)[C@H](C)[C@H]1CC[C@@H]2[C@@]3(C)CC[C@H](O)C(C)(C)C3CC[C@@]2(C)[C@@]12COC(=O)C2. The molecule has 5 fully saturated rings. The normalized spacial score (nSPS) is 46.6. The molecule has 1 spiro atoms. The van der Waals surface area contributed by atoms with Crippen LogP contribution in [0.25, 0.3) is 0 Å².